The van der Waals surface area contributed by atoms with Gasteiger partial charge in [-0.05, 0) is 50.0 Å². The smallest absolute Gasteiger partial charge is 0.338 e. The number of anilines is 1. The zero-order chi connectivity index (χ0) is 15.9. The summed E-state index contributed by atoms with van der Waals surface area (Å²) in [5, 5.41) is 3.97. The van der Waals surface area contributed by atoms with E-state index in [4.69, 9.17) is 17.0 Å². The molecule has 0 unspecified atom stereocenters. The van der Waals surface area contributed by atoms with Gasteiger partial charge in [-0.1, -0.05) is 6.92 Å². The maximum Gasteiger partial charge on any atom is 0.338 e. The Bertz CT molecular complexity index is 511. The van der Waals surface area contributed by atoms with E-state index < -0.39 is 0 Å². The van der Waals surface area contributed by atoms with E-state index in [1.165, 1.54) is 0 Å². The van der Waals surface area contributed by atoms with Gasteiger partial charge in [0.05, 0.1) is 12.2 Å². The van der Waals surface area contributed by atoms with Crippen LogP contribution in [-0.2, 0) is 4.74 Å². The Hall–Kier alpha value is -1.66. The average molecular weight is 321 g/mol. The number of hydrogen-bond donors (Lipinski definition) is 1. The van der Waals surface area contributed by atoms with Crippen LogP contribution in [0.5, 0.6) is 0 Å². The fraction of sp³-hybridized carbons (Fsp3) is 0.500. The number of likely N-dealkylation sites (N-methyl/N-ethyl adjacent to an activating group) is 1. The van der Waals surface area contributed by atoms with E-state index in [2.05, 4.69) is 22.0 Å². The number of benzene rings is 1. The molecule has 1 saturated heterocycles. The molecule has 22 heavy (non-hydrogen) atoms. The molecule has 0 atom stereocenters. The van der Waals surface area contributed by atoms with Crippen LogP contribution in [0.3, 0.4) is 0 Å². The Balaban J connectivity index is 1.88. The van der Waals surface area contributed by atoms with Gasteiger partial charge in [-0.2, -0.15) is 0 Å². The highest BCUT2D eigenvalue weighted by molar-refractivity contribution is 7.80. The van der Waals surface area contributed by atoms with Gasteiger partial charge in [0, 0.05) is 31.9 Å². The van der Waals surface area contributed by atoms with Gasteiger partial charge in [0.25, 0.3) is 0 Å². The molecule has 5 nitrogen and oxygen atoms in total. The van der Waals surface area contributed by atoms with E-state index in [1.807, 2.05) is 12.1 Å². The molecular formula is C16H23N3O2S. The van der Waals surface area contributed by atoms with Gasteiger partial charge < -0.3 is 19.9 Å². The van der Waals surface area contributed by atoms with Crippen molar-refractivity contribution in [2.45, 2.75) is 13.8 Å². The van der Waals surface area contributed by atoms with Gasteiger partial charge in [-0.3, -0.25) is 0 Å². The molecule has 1 aliphatic heterocycles. The van der Waals surface area contributed by atoms with Crippen molar-refractivity contribution in [3.8, 4) is 0 Å². The van der Waals surface area contributed by atoms with E-state index >= 15 is 0 Å². The Labute approximate surface area is 137 Å². The van der Waals surface area contributed by atoms with Crippen LogP contribution in [0, 0.1) is 0 Å². The number of esters is 1. The Kier molecular flexibility index (Phi) is 6.15. The zero-order valence-electron chi connectivity index (χ0n) is 13.2. The Morgan fingerprint density at radius 3 is 2.36 bits per heavy atom. The van der Waals surface area contributed by atoms with Crippen molar-refractivity contribution in [1.29, 1.82) is 0 Å². The maximum absolute atomic E-state index is 11.6. The molecule has 0 spiro atoms. The largest absolute Gasteiger partial charge is 0.462 e. The van der Waals surface area contributed by atoms with Crippen LogP contribution in [0.1, 0.15) is 24.2 Å². The summed E-state index contributed by atoms with van der Waals surface area (Å²) in [5.74, 6) is -0.299. The van der Waals surface area contributed by atoms with Crippen LogP contribution in [0.4, 0.5) is 5.69 Å². The van der Waals surface area contributed by atoms with Crippen molar-refractivity contribution in [2.75, 3.05) is 44.6 Å². The highest BCUT2D eigenvalue weighted by atomic mass is 32.1. The molecule has 1 aliphatic rings. The quantitative estimate of drug-likeness (QED) is 0.677. The van der Waals surface area contributed by atoms with Crippen LogP contribution in [0.25, 0.3) is 0 Å². The third-order valence-electron chi connectivity index (χ3n) is 3.75. The minimum atomic E-state index is -0.299. The molecule has 0 aromatic heterocycles. The highest BCUT2D eigenvalue weighted by Gasteiger charge is 2.17. The molecule has 1 aromatic carbocycles. The normalized spacial score (nSPS) is 15.5. The average Bonchev–Trinajstić information content (AvgIpc) is 2.55. The van der Waals surface area contributed by atoms with Crippen molar-refractivity contribution in [3.63, 3.8) is 0 Å². The third-order valence-corrected chi connectivity index (χ3v) is 4.11. The SMILES string of the molecule is CCOC(=O)c1ccc(NC(=S)N2CCN(CC)CC2)cc1. The summed E-state index contributed by atoms with van der Waals surface area (Å²) in [6.45, 7) is 9.42. The highest BCUT2D eigenvalue weighted by Crippen LogP contribution is 2.12. The van der Waals surface area contributed by atoms with Crippen LogP contribution >= 0.6 is 12.2 Å². The first-order chi connectivity index (χ1) is 10.6. The van der Waals surface area contributed by atoms with Crippen LogP contribution < -0.4 is 5.32 Å². The lowest BCUT2D eigenvalue weighted by molar-refractivity contribution is 0.0526. The summed E-state index contributed by atoms with van der Waals surface area (Å²) in [4.78, 5) is 16.2. The number of piperazine rings is 1. The second-order valence-corrected chi connectivity index (χ2v) is 5.54. The fourth-order valence-electron chi connectivity index (χ4n) is 2.37. The molecule has 1 N–H and O–H groups in total. The molecule has 6 heteroatoms. The summed E-state index contributed by atoms with van der Waals surface area (Å²) >= 11 is 5.46. The van der Waals surface area contributed by atoms with Gasteiger partial charge in [0.1, 0.15) is 0 Å². The molecule has 0 radical (unpaired) electrons. The minimum Gasteiger partial charge on any atom is -0.462 e. The first-order valence-corrected chi connectivity index (χ1v) is 8.10. The first-order valence-electron chi connectivity index (χ1n) is 7.69. The summed E-state index contributed by atoms with van der Waals surface area (Å²) in [5.41, 5.74) is 1.44. The lowest BCUT2D eigenvalue weighted by Gasteiger charge is -2.35. The minimum absolute atomic E-state index is 0.299. The molecule has 1 fully saturated rings. The summed E-state index contributed by atoms with van der Waals surface area (Å²) in [6.07, 6.45) is 0. The van der Waals surface area contributed by atoms with E-state index in [1.54, 1.807) is 19.1 Å². The van der Waals surface area contributed by atoms with Gasteiger partial charge in [-0.25, -0.2) is 4.79 Å². The van der Waals surface area contributed by atoms with Gasteiger partial charge in [0.2, 0.25) is 0 Å². The van der Waals surface area contributed by atoms with Crippen molar-refractivity contribution in [1.82, 2.24) is 9.80 Å². The Morgan fingerprint density at radius 1 is 1.18 bits per heavy atom. The predicted molar refractivity (Wildman–Crippen MR) is 92.3 cm³/mol. The summed E-state index contributed by atoms with van der Waals surface area (Å²) in [6, 6.07) is 7.19. The predicted octanol–water partition coefficient (Wildman–Crippen LogP) is 2.20. The number of nitrogens with one attached hydrogen (secondary N) is 1. The molecule has 0 aliphatic carbocycles. The number of ether oxygens (including phenoxy) is 1. The molecule has 0 bridgehead atoms. The number of rotatable bonds is 4. The lowest BCUT2D eigenvalue weighted by atomic mass is 10.2. The van der Waals surface area contributed by atoms with E-state index in [-0.39, 0.29) is 5.97 Å². The van der Waals surface area contributed by atoms with Crippen molar-refractivity contribution in [3.05, 3.63) is 29.8 Å². The van der Waals surface area contributed by atoms with Gasteiger partial charge >= 0.3 is 5.97 Å². The fourth-order valence-corrected chi connectivity index (χ4v) is 2.67. The number of carbonyl (C=O) groups excluding carboxylic acids is 1. The standard InChI is InChI=1S/C16H23N3O2S/c1-3-18-9-11-19(12-10-18)16(22)17-14-7-5-13(6-8-14)15(20)21-4-2/h5-8H,3-4,9-12H2,1-2H3,(H,17,22). The number of thiocarbonyl (C=S) groups is 1. The number of hydrogen-bond acceptors (Lipinski definition) is 4. The molecule has 1 heterocycles. The number of nitrogens with zero attached hydrogens (tertiary/aromatic N) is 2. The molecule has 2 rings (SSSR count). The Morgan fingerprint density at radius 2 is 1.82 bits per heavy atom. The second-order valence-electron chi connectivity index (χ2n) is 5.15. The number of carbonyl (C=O) groups is 1. The summed E-state index contributed by atoms with van der Waals surface area (Å²) in [7, 11) is 0. The molecule has 1 aromatic rings. The van der Waals surface area contributed by atoms with Crippen molar-refractivity contribution in [2.24, 2.45) is 0 Å². The van der Waals surface area contributed by atoms with E-state index in [0.717, 1.165) is 43.5 Å². The van der Waals surface area contributed by atoms with Crippen molar-refractivity contribution < 1.29 is 9.53 Å². The monoisotopic (exact) mass is 321 g/mol. The topological polar surface area (TPSA) is 44.8 Å². The van der Waals surface area contributed by atoms with Gasteiger partial charge in [-0.15, -0.1) is 0 Å². The van der Waals surface area contributed by atoms with Gasteiger partial charge in [0.15, 0.2) is 5.11 Å². The van der Waals surface area contributed by atoms with Crippen LogP contribution in [0.2, 0.25) is 0 Å². The summed E-state index contributed by atoms with van der Waals surface area (Å²) < 4.78 is 4.97. The van der Waals surface area contributed by atoms with Crippen molar-refractivity contribution >= 4 is 29.0 Å². The maximum atomic E-state index is 11.6. The molecule has 120 valence electrons. The molecule has 0 saturated carbocycles. The zero-order valence-corrected chi connectivity index (χ0v) is 14.0. The van der Waals surface area contributed by atoms with E-state index in [9.17, 15) is 4.79 Å². The molecule has 0 amide bonds. The van der Waals surface area contributed by atoms with E-state index in [0.29, 0.717) is 12.2 Å². The third kappa shape index (κ3) is 4.42. The van der Waals surface area contributed by atoms with Crippen LogP contribution in [0.15, 0.2) is 24.3 Å². The molecular weight excluding hydrogens is 298 g/mol. The second kappa shape index (κ2) is 8.10. The van der Waals surface area contributed by atoms with Crippen LogP contribution in [-0.4, -0.2) is 60.2 Å². The first kappa shape index (κ1) is 16.7. The lowest BCUT2D eigenvalue weighted by Crippen LogP contribution is -2.49.